The Bertz CT molecular complexity index is 397. The van der Waals surface area contributed by atoms with Crippen LogP contribution >= 0.6 is 0 Å². The molecule has 0 aliphatic carbocycles. The van der Waals surface area contributed by atoms with E-state index in [1.807, 2.05) is 0 Å². The highest BCUT2D eigenvalue weighted by Crippen LogP contribution is 2.09. The highest BCUT2D eigenvalue weighted by Gasteiger charge is 2.25. The van der Waals surface area contributed by atoms with Crippen LogP contribution in [0.3, 0.4) is 0 Å². The zero-order chi connectivity index (χ0) is 16.6. The summed E-state index contributed by atoms with van der Waals surface area (Å²) in [4.78, 5) is 35.0. The van der Waals surface area contributed by atoms with Crippen molar-refractivity contribution in [2.24, 2.45) is 5.92 Å². The molecule has 6 heteroatoms. The molecule has 0 aliphatic heterocycles. The molecule has 0 aromatic carbocycles. The Kier molecular flexibility index (Phi) is 7.70. The van der Waals surface area contributed by atoms with Crippen molar-refractivity contribution in [2.45, 2.75) is 52.7 Å². The predicted octanol–water partition coefficient (Wildman–Crippen LogP) is 1.59. The Morgan fingerprint density at radius 1 is 1.24 bits per heavy atom. The molecule has 0 bridgehead atoms. The number of amides is 1. The summed E-state index contributed by atoms with van der Waals surface area (Å²) in [5, 5.41) is 2.52. The van der Waals surface area contributed by atoms with E-state index in [0.717, 1.165) is 0 Å². The van der Waals surface area contributed by atoms with Crippen molar-refractivity contribution >= 4 is 17.8 Å². The summed E-state index contributed by atoms with van der Waals surface area (Å²) in [5.41, 5.74) is -0.615. The maximum atomic E-state index is 11.9. The molecule has 0 aromatic rings. The maximum Gasteiger partial charge on any atom is 0.328 e. The maximum absolute atomic E-state index is 11.9. The largest absolute Gasteiger partial charge is 0.461 e. The van der Waals surface area contributed by atoms with Gasteiger partial charge in [0.1, 0.15) is 18.2 Å². The third-order valence-electron chi connectivity index (χ3n) is 2.40. The van der Waals surface area contributed by atoms with E-state index < -0.39 is 35.4 Å². The SMILES string of the molecule is C=CCOC(=O)C[C@@H](C)C(=O)N[C@@H](C)C(=O)OC(C)(C)C. The average molecular weight is 299 g/mol. The third kappa shape index (κ3) is 8.83. The first-order valence-electron chi connectivity index (χ1n) is 6.86. The Hall–Kier alpha value is -1.85. The quantitative estimate of drug-likeness (QED) is 0.570. The average Bonchev–Trinajstić information content (AvgIpc) is 2.33. The molecule has 0 radical (unpaired) electrons. The minimum absolute atomic E-state index is 0.0548. The minimum atomic E-state index is -0.775. The number of ether oxygens (including phenoxy) is 2. The van der Waals surface area contributed by atoms with Crippen molar-refractivity contribution in [1.82, 2.24) is 5.32 Å². The van der Waals surface area contributed by atoms with E-state index in [-0.39, 0.29) is 13.0 Å². The number of carbonyl (C=O) groups excluding carboxylic acids is 3. The van der Waals surface area contributed by atoms with Crippen LogP contribution in [0.4, 0.5) is 0 Å². The van der Waals surface area contributed by atoms with Gasteiger partial charge in [0.05, 0.1) is 6.42 Å². The van der Waals surface area contributed by atoms with Gasteiger partial charge in [0.15, 0.2) is 0 Å². The Morgan fingerprint density at radius 2 is 1.81 bits per heavy atom. The van der Waals surface area contributed by atoms with Gasteiger partial charge in [-0.2, -0.15) is 0 Å². The molecule has 0 heterocycles. The molecule has 0 saturated heterocycles. The van der Waals surface area contributed by atoms with Crippen LogP contribution in [-0.4, -0.2) is 36.1 Å². The number of rotatable bonds is 7. The van der Waals surface area contributed by atoms with Crippen molar-refractivity contribution in [2.75, 3.05) is 6.61 Å². The normalized spacial score (nSPS) is 13.8. The molecule has 120 valence electrons. The minimum Gasteiger partial charge on any atom is -0.461 e. The van der Waals surface area contributed by atoms with E-state index in [9.17, 15) is 14.4 Å². The first-order valence-corrected chi connectivity index (χ1v) is 6.86. The first kappa shape index (κ1) is 19.1. The van der Waals surface area contributed by atoms with Crippen LogP contribution in [0.15, 0.2) is 12.7 Å². The summed E-state index contributed by atoms with van der Waals surface area (Å²) in [6.07, 6.45) is 1.40. The second-order valence-electron chi connectivity index (χ2n) is 5.84. The standard InChI is InChI=1S/C15H25NO5/c1-7-8-20-12(17)9-10(2)13(18)16-11(3)14(19)21-15(4,5)6/h7,10-11H,1,8-9H2,2-6H3,(H,16,18)/t10-,11+/m1/s1. The van der Waals surface area contributed by atoms with E-state index in [1.165, 1.54) is 13.0 Å². The highest BCUT2D eigenvalue weighted by molar-refractivity contribution is 5.87. The predicted molar refractivity (Wildman–Crippen MR) is 78.4 cm³/mol. The summed E-state index contributed by atoms with van der Waals surface area (Å²) in [6.45, 7) is 11.9. The molecule has 2 atom stereocenters. The molecular weight excluding hydrogens is 274 g/mol. The number of esters is 2. The molecule has 0 spiro atoms. The lowest BCUT2D eigenvalue weighted by Crippen LogP contribution is -2.44. The summed E-state index contributed by atoms with van der Waals surface area (Å²) in [5.74, 6) is -1.99. The molecule has 0 aliphatic rings. The van der Waals surface area contributed by atoms with E-state index in [0.29, 0.717) is 0 Å². The molecule has 1 amide bonds. The topological polar surface area (TPSA) is 81.7 Å². The molecule has 0 aromatic heterocycles. The highest BCUT2D eigenvalue weighted by atomic mass is 16.6. The van der Waals surface area contributed by atoms with Crippen molar-refractivity contribution in [3.63, 3.8) is 0 Å². The van der Waals surface area contributed by atoms with Gasteiger partial charge in [-0.25, -0.2) is 4.79 Å². The molecule has 0 fully saturated rings. The molecule has 0 unspecified atom stereocenters. The fourth-order valence-corrected chi connectivity index (χ4v) is 1.36. The van der Waals surface area contributed by atoms with E-state index >= 15 is 0 Å². The fraction of sp³-hybridized carbons (Fsp3) is 0.667. The first-order chi connectivity index (χ1) is 9.56. The Labute approximate surface area is 125 Å². The van der Waals surface area contributed by atoms with Gasteiger partial charge in [-0.15, -0.1) is 0 Å². The van der Waals surface area contributed by atoms with Crippen molar-refractivity contribution < 1.29 is 23.9 Å². The zero-order valence-corrected chi connectivity index (χ0v) is 13.4. The van der Waals surface area contributed by atoms with Gasteiger partial charge in [0.25, 0.3) is 0 Å². The smallest absolute Gasteiger partial charge is 0.328 e. The van der Waals surface area contributed by atoms with Crippen LogP contribution < -0.4 is 5.32 Å². The van der Waals surface area contributed by atoms with Gasteiger partial charge >= 0.3 is 11.9 Å². The van der Waals surface area contributed by atoms with Crippen molar-refractivity contribution in [3.05, 3.63) is 12.7 Å². The van der Waals surface area contributed by atoms with Crippen LogP contribution in [-0.2, 0) is 23.9 Å². The van der Waals surface area contributed by atoms with E-state index in [1.54, 1.807) is 27.7 Å². The van der Waals surface area contributed by atoms with Crippen molar-refractivity contribution in [3.8, 4) is 0 Å². The second kappa shape index (κ2) is 8.44. The summed E-state index contributed by atoms with van der Waals surface area (Å²) in [6, 6.07) is -0.775. The Balaban J connectivity index is 4.31. The van der Waals surface area contributed by atoms with Crippen LogP contribution in [0.25, 0.3) is 0 Å². The van der Waals surface area contributed by atoms with Gasteiger partial charge in [-0.1, -0.05) is 19.6 Å². The van der Waals surface area contributed by atoms with Crippen molar-refractivity contribution in [1.29, 1.82) is 0 Å². The molecule has 0 saturated carbocycles. The number of hydrogen-bond acceptors (Lipinski definition) is 5. The molecule has 1 N–H and O–H groups in total. The van der Waals surface area contributed by atoms with Gasteiger partial charge in [0.2, 0.25) is 5.91 Å². The van der Waals surface area contributed by atoms with Crippen LogP contribution in [0, 0.1) is 5.92 Å². The number of carbonyl (C=O) groups is 3. The monoisotopic (exact) mass is 299 g/mol. The molecule has 21 heavy (non-hydrogen) atoms. The van der Waals surface area contributed by atoms with Gasteiger partial charge < -0.3 is 14.8 Å². The number of nitrogens with one attached hydrogen (secondary N) is 1. The van der Waals surface area contributed by atoms with Crippen LogP contribution in [0.1, 0.15) is 41.0 Å². The lowest BCUT2D eigenvalue weighted by molar-refractivity contribution is -0.158. The Morgan fingerprint density at radius 3 is 2.29 bits per heavy atom. The fourth-order valence-electron chi connectivity index (χ4n) is 1.36. The second-order valence-corrected chi connectivity index (χ2v) is 5.84. The van der Waals surface area contributed by atoms with Crippen LogP contribution in [0.5, 0.6) is 0 Å². The zero-order valence-electron chi connectivity index (χ0n) is 13.4. The van der Waals surface area contributed by atoms with Gasteiger partial charge in [0, 0.05) is 5.92 Å². The lowest BCUT2D eigenvalue weighted by atomic mass is 10.1. The van der Waals surface area contributed by atoms with Gasteiger partial charge in [-0.3, -0.25) is 9.59 Å². The van der Waals surface area contributed by atoms with E-state index in [2.05, 4.69) is 11.9 Å². The van der Waals surface area contributed by atoms with Gasteiger partial charge in [-0.05, 0) is 27.7 Å². The lowest BCUT2D eigenvalue weighted by Gasteiger charge is -2.23. The molecule has 0 rings (SSSR count). The molecule has 6 nitrogen and oxygen atoms in total. The summed E-state index contributed by atoms with van der Waals surface area (Å²) < 4.78 is 9.96. The summed E-state index contributed by atoms with van der Waals surface area (Å²) in [7, 11) is 0. The summed E-state index contributed by atoms with van der Waals surface area (Å²) >= 11 is 0. The van der Waals surface area contributed by atoms with Crippen LogP contribution in [0.2, 0.25) is 0 Å². The third-order valence-corrected chi connectivity index (χ3v) is 2.40. The van der Waals surface area contributed by atoms with E-state index in [4.69, 9.17) is 9.47 Å². The number of hydrogen-bond donors (Lipinski definition) is 1. The molecular formula is C15H25NO5.